The van der Waals surface area contributed by atoms with Crippen molar-refractivity contribution in [1.82, 2.24) is 15.0 Å². The molecule has 6 nitrogen and oxygen atoms in total. The Bertz CT molecular complexity index is 902. The van der Waals surface area contributed by atoms with Crippen LogP contribution in [0.1, 0.15) is 42.3 Å². The lowest BCUT2D eigenvalue weighted by Gasteiger charge is -2.22. The van der Waals surface area contributed by atoms with E-state index in [1.807, 2.05) is 36.4 Å². The topological polar surface area (TPSA) is 79.8 Å². The van der Waals surface area contributed by atoms with E-state index in [2.05, 4.69) is 46.4 Å². The number of rotatable bonds is 5. The third kappa shape index (κ3) is 4.88. The molecule has 0 aliphatic carbocycles. The maximum Gasteiger partial charge on any atom is 0.258 e. The van der Waals surface area contributed by atoms with Gasteiger partial charge in [0, 0.05) is 37.0 Å². The van der Waals surface area contributed by atoms with Gasteiger partial charge >= 0.3 is 0 Å². The lowest BCUT2D eigenvalue weighted by molar-refractivity contribution is 0.102. The average Bonchev–Trinajstić information content (AvgIpc) is 2.67. The Balaban J connectivity index is 1.66. The van der Waals surface area contributed by atoms with E-state index in [1.54, 1.807) is 12.4 Å². The second-order valence-corrected chi connectivity index (χ2v) is 7.26. The zero-order valence-electron chi connectivity index (χ0n) is 15.7. The van der Waals surface area contributed by atoms with Gasteiger partial charge in [-0.05, 0) is 28.7 Å². The molecule has 0 radical (unpaired) electrons. The molecule has 3 rings (SSSR count). The van der Waals surface area contributed by atoms with Crippen molar-refractivity contribution in [2.45, 2.75) is 32.7 Å². The van der Waals surface area contributed by atoms with Gasteiger partial charge in [0.2, 0.25) is 5.95 Å². The van der Waals surface area contributed by atoms with Crippen LogP contribution in [0.2, 0.25) is 0 Å². The zero-order chi connectivity index (χ0) is 19.3. The molecule has 1 aromatic carbocycles. The average molecular weight is 361 g/mol. The Hall–Kier alpha value is -3.28. The second kappa shape index (κ2) is 7.95. The molecule has 0 aliphatic heterocycles. The minimum Gasteiger partial charge on any atom is -0.350 e. The van der Waals surface area contributed by atoms with Gasteiger partial charge < -0.3 is 10.6 Å². The summed E-state index contributed by atoms with van der Waals surface area (Å²) in [5, 5.41) is 6.07. The van der Waals surface area contributed by atoms with Crippen LogP contribution in [0.15, 0.2) is 61.2 Å². The molecule has 2 N–H and O–H groups in total. The lowest BCUT2D eigenvalue weighted by Crippen LogP contribution is -2.19. The number of pyridine rings is 1. The van der Waals surface area contributed by atoms with Crippen LogP contribution in [0.4, 0.5) is 11.6 Å². The molecule has 0 unspecified atom stereocenters. The molecule has 0 saturated carbocycles. The van der Waals surface area contributed by atoms with Crippen LogP contribution in [-0.4, -0.2) is 20.9 Å². The van der Waals surface area contributed by atoms with Crippen molar-refractivity contribution < 1.29 is 4.79 Å². The first-order valence-electron chi connectivity index (χ1n) is 8.79. The van der Waals surface area contributed by atoms with E-state index in [4.69, 9.17) is 0 Å². The number of anilines is 2. The standard InChI is InChI=1S/C21H23N5O/c1-21(2,3)17-8-4-5-9-18(17)26-19(27)16-13-24-20(25-14-16)23-12-15-7-6-10-22-11-15/h4-11,13-14H,12H2,1-3H3,(H,26,27)(H,23,24,25). The van der Waals surface area contributed by atoms with E-state index in [0.717, 1.165) is 16.8 Å². The van der Waals surface area contributed by atoms with Gasteiger partial charge in [-0.3, -0.25) is 9.78 Å². The number of benzene rings is 1. The number of hydrogen-bond donors (Lipinski definition) is 2. The molecule has 0 saturated heterocycles. The predicted octanol–water partition coefficient (Wildman–Crippen LogP) is 4.03. The number of carbonyl (C=O) groups excluding carboxylic acids is 1. The number of nitrogens with zero attached hydrogens (tertiary/aromatic N) is 3. The summed E-state index contributed by atoms with van der Waals surface area (Å²) in [6.45, 7) is 6.91. The van der Waals surface area contributed by atoms with Crippen LogP contribution in [0.5, 0.6) is 0 Å². The minimum absolute atomic E-state index is 0.0690. The first kappa shape index (κ1) is 18.5. The predicted molar refractivity (Wildman–Crippen MR) is 107 cm³/mol. The van der Waals surface area contributed by atoms with Crippen molar-refractivity contribution in [1.29, 1.82) is 0 Å². The smallest absolute Gasteiger partial charge is 0.258 e. The van der Waals surface area contributed by atoms with Crippen molar-refractivity contribution >= 4 is 17.5 Å². The summed E-state index contributed by atoms with van der Waals surface area (Å²) in [6, 6.07) is 11.7. The van der Waals surface area contributed by atoms with Crippen molar-refractivity contribution in [2.75, 3.05) is 10.6 Å². The number of carbonyl (C=O) groups is 1. The second-order valence-electron chi connectivity index (χ2n) is 7.26. The molecule has 2 heterocycles. The summed E-state index contributed by atoms with van der Waals surface area (Å²) in [4.78, 5) is 25.1. The summed E-state index contributed by atoms with van der Waals surface area (Å²) in [5.74, 6) is 0.232. The Kier molecular flexibility index (Phi) is 5.45. The van der Waals surface area contributed by atoms with Crippen LogP contribution in [0.25, 0.3) is 0 Å². The van der Waals surface area contributed by atoms with E-state index in [0.29, 0.717) is 18.1 Å². The van der Waals surface area contributed by atoms with Gasteiger partial charge in [0.1, 0.15) is 0 Å². The number of nitrogens with one attached hydrogen (secondary N) is 2. The highest BCUT2D eigenvalue weighted by Crippen LogP contribution is 2.29. The molecule has 138 valence electrons. The van der Waals surface area contributed by atoms with Gasteiger partial charge in [-0.15, -0.1) is 0 Å². The number of para-hydroxylation sites is 1. The Morgan fingerprint density at radius 2 is 1.74 bits per heavy atom. The first-order chi connectivity index (χ1) is 12.9. The molecular weight excluding hydrogens is 338 g/mol. The van der Waals surface area contributed by atoms with Gasteiger partial charge in [0.05, 0.1) is 5.56 Å². The molecule has 6 heteroatoms. The number of hydrogen-bond acceptors (Lipinski definition) is 5. The molecule has 0 bridgehead atoms. The normalized spacial score (nSPS) is 11.1. The van der Waals surface area contributed by atoms with Crippen molar-refractivity contribution in [3.63, 3.8) is 0 Å². The SMILES string of the molecule is CC(C)(C)c1ccccc1NC(=O)c1cnc(NCc2cccnc2)nc1. The molecule has 1 amide bonds. The zero-order valence-corrected chi connectivity index (χ0v) is 15.7. The fourth-order valence-corrected chi connectivity index (χ4v) is 2.66. The first-order valence-corrected chi connectivity index (χ1v) is 8.79. The van der Waals surface area contributed by atoms with Crippen LogP contribution in [0.3, 0.4) is 0 Å². The van der Waals surface area contributed by atoms with E-state index in [1.165, 1.54) is 12.4 Å². The Labute approximate surface area is 159 Å². The van der Waals surface area contributed by atoms with Crippen LogP contribution in [-0.2, 0) is 12.0 Å². The third-order valence-electron chi connectivity index (χ3n) is 4.07. The summed E-state index contributed by atoms with van der Waals surface area (Å²) in [7, 11) is 0. The van der Waals surface area contributed by atoms with E-state index in [-0.39, 0.29) is 11.3 Å². The van der Waals surface area contributed by atoms with Crippen molar-refractivity contribution in [3.8, 4) is 0 Å². The van der Waals surface area contributed by atoms with Crippen LogP contribution in [0, 0.1) is 0 Å². The highest BCUT2D eigenvalue weighted by molar-refractivity contribution is 6.04. The molecule has 0 aliphatic rings. The number of aromatic nitrogens is 3. The third-order valence-corrected chi connectivity index (χ3v) is 4.07. The number of amides is 1. The Morgan fingerprint density at radius 1 is 1.00 bits per heavy atom. The molecule has 0 fully saturated rings. The highest BCUT2D eigenvalue weighted by atomic mass is 16.1. The maximum absolute atomic E-state index is 12.6. The van der Waals surface area contributed by atoms with Gasteiger partial charge in [-0.1, -0.05) is 45.0 Å². The largest absolute Gasteiger partial charge is 0.350 e. The van der Waals surface area contributed by atoms with Gasteiger partial charge in [-0.25, -0.2) is 9.97 Å². The van der Waals surface area contributed by atoms with E-state index < -0.39 is 0 Å². The van der Waals surface area contributed by atoms with Gasteiger partial charge in [0.15, 0.2) is 0 Å². The molecule has 27 heavy (non-hydrogen) atoms. The summed E-state index contributed by atoms with van der Waals surface area (Å²) in [6.07, 6.45) is 6.55. The highest BCUT2D eigenvalue weighted by Gasteiger charge is 2.19. The Morgan fingerprint density at radius 3 is 2.41 bits per heavy atom. The molecule has 0 spiro atoms. The molecule has 3 aromatic rings. The minimum atomic E-state index is -0.231. The van der Waals surface area contributed by atoms with Crippen molar-refractivity contribution in [2.24, 2.45) is 0 Å². The van der Waals surface area contributed by atoms with Crippen LogP contribution < -0.4 is 10.6 Å². The van der Waals surface area contributed by atoms with E-state index in [9.17, 15) is 4.79 Å². The quantitative estimate of drug-likeness (QED) is 0.717. The van der Waals surface area contributed by atoms with Crippen LogP contribution >= 0.6 is 0 Å². The monoisotopic (exact) mass is 361 g/mol. The molecular formula is C21H23N5O. The summed E-state index contributed by atoms with van der Waals surface area (Å²) < 4.78 is 0. The fraction of sp³-hybridized carbons (Fsp3) is 0.238. The lowest BCUT2D eigenvalue weighted by atomic mass is 9.86. The molecule has 0 atom stereocenters. The van der Waals surface area contributed by atoms with Gasteiger partial charge in [0.25, 0.3) is 5.91 Å². The van der Waals surface area contributed by atoms with Crippen molar-refractivity contribution in [3.05, 3.63) is 77.9 Å². The van der Waals surface area contributed by atoms with Gasteiger partial charge in [-0.2, -0.15) is 0 Å². The summed E-state index contributed by atoms with van der Waals surface area (Å²) >= 11 is 0. The summed E-state index contributed by atoms with van der Waals surface area (Å²) in [5.41, 5.74) is 3.25. The fourth-order valence-electron chi connectivity index (χ4n) is 2.66. The molecule has 2 aromatic heterocycles. The maximum atomic E-state index is 12.6. The van der Waals surface area contributed by atoms with E-state index >= 15 is 0 Å².